The second kappa shape index (κ2) is 5.13. The predicted octanol–water partition coefficient (Wildman–Crippen LogP) is -0.777. The summed E-state index contributed by atoms with van der Waals surface area (Å²) < 4.78 is 4.66. The fraction of sp³-hybridized carbons (Fsp3) is 1.00. The Morgan fingerprint density at radius 3 is 1.33 bits per heavy atom. The van der Waals surface area contributed by atoms with Gasteiger partial charge in [-0.1, -0.05) is 13.1 Å². The van der Waals surface area contributed by atoms with Crippen LogP contribution in [0.1, 0.15) is 0 Å². The number of nitrogens with two attached hydrogens (primary N) is 1. The van der Waals surface area contributed by atoms with Gasteiger partial charge in [0, 0.05) is 5.29 Å². The van der Waals surface area contributed by atoms with E-state index in [1.807, 2.05) is 0 Å². The standard InChI is InChI=1S/C7H23N3Si2/c1-9(2)11(5)7(8)12(6)10(3)4/h7,11-12H,8H2,1-6H3. The molecule has 0 rings (SSSR count). The van der Waals surface area contributed by atoms with E-state index < -0.39 is 17.9 Å². The molecule has 0 saturated heterocycles. The van der Waals surface area contributed by atoms with E-state index in [1.54, 1.807) is 0 Å². The van der Waals surface area contributed by atoms with E-state index in [2.05, 4.69) is 50.4 Å². The molecule has 0 spiro atoms. The molecule has 2 atom stereocenters. The van der Waals surface area contributed by atoms with Crippen LogP contribution in [0.4, 0.5) is 0 Å². The molecule has 12 heavy (non-hydrogen) atoms. The van der Waals surface area contributed by atoms with E-state index in [0.717, 1.165) is 0 Å². The van der Waals surface area contributed by atoms with E-state index >= 15 is 0 Å². The highest BCUT2D eigenvalue weighted by atomic mass is 28.3. The van der Waals surface area contributed by atoms with Gasteiger partial charge in [-0.15, -0.1) is 0 Å². The molecule has 0 aliphatic heterocycles. The van der Waals surface area contributed by atoms with Crippen molar-refractivity contribution in [3.8, 4) is 0 Å². The highest BCUT2D eigenvalue weighted by Crippen LogP contribution is 1.99. The van der Waals surface area contributed by atoms with Crippen molar-refractivity contribution in [2.75, 3.05) is 28.2 Å². The molecule has 0 aromatic carbocycles. The van der Waals surface area contributed by atoms with Crippen LogP contribution in [0.25, 0.3) is 0 Å². The van der Waals surface area contributed by atoms with Gasteiger partial charge in [-0.25, -0.2) is 0 Å². The molecule has 0 fully saturated rings. The van der Waals surface area contributed by atoms with Crippen LogP contribution in [0.15, 0.2) is 0 Å². The second-order valence-corrected chi connectivity index (χ2v) is 11.3. The zero-order chi connectivity index (χ0) is 9.89. The second-order valence-electron chi connectivity index (χ2n) is 3.99. The van der Waals surface area contributed by atoms with Crippen molar-refractivity contribution >= 4 is 17.9 Å². The fourth-order valence-corrected chi connectivity index (χ4v) is 7.76. The third-order valence-electron chi connectivity index (χ3n) is 2.74. The molecule has 0 radical (unpaired) electrons. The lowest BCUT2D eigenvalue weighted by atomic mass is 11.3. The third kappa shape index (κ3) is 3.36. The summed E-state index contributed by atoms with van der Waals surface area (Å²) in [5.74, 6) is 0. The Labute approximate surface area is 79.9 Å². The lowest BCUT2D eigenvalue weighted by molar-refractivity contribution is 0.609. The van der Waals surface area contributed by atoms with Crippen molar-refractivity contribution in [3.05, 3.63) is 0 Å². The molecular weight excluding hydrogens is 182 g/mol. The van der Waals surface area contributed by atoms with Crippen LogP contribution in [0.3, 0.4) is 0 Å². The normalized spacial score (nSPS) is 19.8. The van der Waals surface area contributed by atoms with Crippen LogP contribution in [-0.4, -0.2) is 60.5 Å². The van der Waals surface area contributed by atoms with Gasteiger partial charge in [-0.2, -0.15) is 0 Å². The van der Waals surface area contributed by atoms with Gasteiger partial charge < -0.3 is 14.9 Å². The summed E-state index contributed by atoms with van der Waals surface area (Å²) in [5, 5.41) is 0.481. The Kier molecular flexibility index (Phi) is 5.27. The Balaban J connectivity index is 4.08. The van der Waals surface area contributed by atoms with Crippen molar-refractivity contribution in [2.45, 2.75) is 18.4 Å². The summed E-state index contributed by atoms with van der Waals surface area (Å²) in [7, 11) is 6.88. The first kappa shape index (κ1) is 12.3. The Hall–Kier alpha value is 0.314. The Bertz CT molecular complexity index is 116. The number of rotatable bonds is 4. The van der Waals surface area contributed by atoms with E-state index in [4.69, 9.17) is 5.73 Å². The van der Waals surface area contributed by atoms with Crippen LogP contribution in [-0.2, 0) is 0 Å². The lowest BCUT2D eigenvalue weighted by Crippen LogP contribution is -2.58. The molecule has 2 unspecified atom stereocenters. The number of nitrogens with zero attached hydrogens (tertiary/aromatic N) is 2. The predicted molar refractivity (Wildman–Crippen MR) is 61.4 cm³/mol. The molecule has 0 aliphatic rings. The molecule has 74 valence electrons. The highest BCUT2D eigenvalue weighted by Gasteiger charge is 2.25. The summed E-state index contributed by atoms with van der Waals surface area (Å²) in [6, 6.07) is 0. The molecular formula is C7H23N3Si2. The maximum absolute atomic E-state index is 6.20. The van der Waals surface area contributed by atoms with Gasteiger partial charge >= 0.3 is 0 Å². The topological polar surface area (TPSA) is 32.5 Å². The average molecular weight is 205 g/mol. The summed E-state index contributed by atoms with van der Waals surface area (Å²) in [6.07, 6.45) is 0. The first-order valence-electron chi connectivity index (χ1n) is 4.46. The molecule has 3 nitrogen and oxygen atoms in total. The summed E-state index contributed by atoms with van der Waals surface area (Å²) in [4.78, 5) is 0. The summed E-state index contributed by atoms with van der Waals surface area (Å²) in [6.45, 7) is 4.66. The Morgan fingerprint density at radius 1 is 0.917 bits per heavy atom. The highest BCUT2D eigenvalue weighted by molar-refractivity contribution is 6.76. The van der Waals surface area contributed by atoms with Gasteiger partial charge in [0.15, 0.2) is 0 Å². The molecule has 0 amide bonds. The minimum Gasteiger partial charge on any atom is -0.331 e. The van der Waals surface area contributed by atoms with E-state index in [9.17, 15) is 0 Å². The van der Waals surface area contributed by atoms with Crippen LogP contribution in [0.2, 0.25) is 13.1 Å². The zero-order valence-corrected chi connectivity index (χ0v) is 11.5. The van der Waals surface area contributed by atoms with Crippen molar-refractivity contribution in [2.24, 2.45) is 5.73 Å². The zero-order valence-electron chi connectivity index (χ0n) is 9.20. The van der Waals surface area contributed by atoms with E-state index in [1.165, 1.54) is 0 Å². The van der Waals surface area contributed by atoms with Crippen LogP contribution < -0.4 is 5.73 Å². The van der Waals surface area contributed by atoms with Gasteiger partial charge in [0.25, 0.3) is 0 Å². The summed E-state index contributed by atoms with van der Waals surface area (Å²) >= 11 is 0. The quantitative estimate of drug-likeness (QED) is 0.612. The lowest BCUT2D eigenvalue weighted by Gasteiger charge is -2.31. The molecule has 5 heteroatoms. The maximum Gasteiger partial charge on any atom is 0.123 e. The van der Waals surface area contributed by atoms with Gasteiger partial charge in [-0.05, 0) is 28.2 Å². The molecule has 0 aromatic rings. The minimum atomic E-state index is -0.852. The van der Waals surface area contributed by atoms with Crippen molar-refractivity contribution < 1.29 is 0 Å². The fourth-order valence-electron chi connectivity index (χ4n) is 1.09. The molecule has 2 N–H and O–H groups in total. The SMILES string of the molecule is CN(C)[SiH](C)C(N)[SiH](C)N(C)C. The largest absolute Gasteiger partial charge is 0.331 e. The van der Waals surface area contributed by atoms with E-state index in [0.29, 0.717) is 5.29 Å². The first-order chi connectivity index (χ1) is 5.37. The molecule has 0 saturated carbocycles. The van der Waals surface area contributed by atoms with Crippen LogP contribution in [0, 0.1) is 0 Å². The Morgan fingerprint density at radius 2 is 1.17 bits per heavy atom. The number of hydrogen-bond donors (Lipinski definition) is 1. The molecule has 0 heterocycles. The van der Waals surface area contributed by atoms with Gasteiger partial charge in [0.05, 0.1) is 0 Å². The smallest absolute Gasteiger partial charge is 0.123 e. The molecule has 0 aliphatic carbocycles. The van der Waals surface area contributed by atoms with Crippen molar-refractivity contribution in [3.63, 3.8) is 0 Å². The van der Waals surface area contributed by atoms with Crippen LogP contribution in [0.5, 0.6) is 0 Å². The third-order valence-corrected chi connectivity index (χ3v) is 11.6. The maximum atomic E-state index is 6.20. The van der Waals surface area contributed by atoms with Crippen molar-refractivity contribution in [1.29, 1.82) is 0 Å². The minimum absolute atomic E-state index is 0.481. The van der Waals surface area contributed by atoms with Gasteiger partial charge in [0.2, 0.25) is 0 Å². The van der Waals surface area contributed by atoms with Gasteiger partial charge in [0.1, 0.15) is 17.9 Å². The number of hydrogen-bond acceptors (Lipinski definition) is 3. The summed E-state index contributed by atoms with van der Waals surface area (Å²) in [5.41, 5.74) is 6.20. The average Bonchev–Trinajstić information content (AvgIpc) is 2.00. The first-order valence-corrected chi connectivity index (χ1v) is 9.14. The molecule has 0 aromatic heterocycles. The molecule has 0 bridgehead atoms. The monoisotopic (exact) mass is 205 g/mol. The van der Waals surface area contributed by atoms with Gasteiger partial charge in [-0.3, -0.25) is 0 Å². The van der Waals surface area contributed by atoms with E-state index in [-0.39, 0.29) is 0 Å². The van der Waals surface area contributed by atoms with Crippen molar-refractivity contribution in [1.82, 2.24) is 9.13 Å². The van der Waals surface area contributed by atoms with Crippen LogP contribution >= 0.6 is 0 Å².